The Kier molecular flexibility index (Phi) is 9.52. The van der Waals surface area contributed by atoms with Crippen molar-refractivity contribution in [1.82, 2.24) is 15.1 Å². The Morgan fingerprint density at radius 1 is 1.13 bits per heavy atom. The molecule has 2 aromatic carbocycles. The number of aliphatic carboxylic acids is 1. The standard InChI is InChI=1S/C29H35ClN4O3S/c1-4-5-12-34(28(37)23-8-6-7-9-25(23)30)29-32-31-27(38-29)22-15-19(2)24(20(3)16-22)18-33-13-10-21(11-14-33)17-26(35)36/h6-9,15-16,21H,4-5,10-14,17-18H2,1-3H3,(H,35,36). The fourth-order valence-electron chi connectivity index (χ4n) is 5.01. The summed E-state index contributed by atoms with van der Waals surface area (Å²) < 4.78 is 0. The molecule has 9 heteroatoms. The van der Waals surface area contributed by atoms with Crippen LogP contribution in [0.15, 0.2) is 36.4 Å². The number of halogens is 1. The van der Waals surface area contributed by atoms with Gasteiger partial charge >= 0.3 is 5.97 Å². The van der Waals surface area contributed by atoms with Gasteiger partial charge in [-0.2, -0.15) is 0 Å². The molecular weight excluding hydrogens is 520 g/mol. The first-order chi connectivity index (χ1) is 18.3. The van der Waals surface area contributed by atoms with E-state index in [0.717, 1.165) is 55.9 Å². The van der Waals surface area contributed by atoms with Crippen molar-refractivity contribution in [1.29, 1.82) is 0 Å². The smallest absolute Gasteiger partial charge is 0.303 e. The molecule has 1 fully saturated rings. The molecule has 7 nitrogen and oxygen atoms in total. The van der Waals surface area contributed by atoms with Crippen LogP contribution in [0.2, 0.25) is 5.02 Å². The number of rotatable bonds is 10. The molecule has 38 heavy (non-hydrogen) atoms. The van der Waals surface area contributed by atoms with Crippen LogP contribution in [-0.4, -0.2) is 51.7 Å². The Morgan fingerprint density at radius 2 is 1.82 bits per heavy atom. The molecule has 0 aliphatic carbocycles. The monoisotopic (exact) mass is 554 g/mol. The molecule has 2 heterocycles. The number of amides is 1. The van der Waals surface area contributed by atoms with Gasteiger partial charge in [-0.05, 0) is 93.1 Å². The molecule has 0 radical (unpaired) electrons. The normalized spacial score (nSPS) is 14.5. The van der Waals surface area contributed by atoms with E-state index in [1.54, 1.807) is 17.0 Å². The predicted molar refractivity (Wildman–Crippen MR) is 153 cm³/mol. The fourth-order valence-corrected chi connectivity index (χ4v) is 6.08. The van der Waals surface area contributed by atoms with Crippen LogP contribution in [0, 0.1) is 19.8 Å². The van der Waals surface area contributed by atoms with Gasteiger partial charge < -0.3 is 5.11 Å². The summed E-state index contributed by atoms with van der Waals surface area (Å²) in [6.45, 7) is 9.59. The number of piperidine rings is 1. The van der Waals surface area contributed by atoms with E-state index in [9.17, 15) is 9.59 Å². The van der Waals surface area contributed by atoms with Gasteiger partial charge in [0, 0.05) is 25.1 Å². The first kappa shape index (κ1) is 28.2. The van der Waals surface area contributed by atoms with E-state index in [1.165, 1.54) is 28.0 Å². The van der Waals surface area contributed by atoms with E-state index < -0.39 is 5.97 Å². The molecule has 1 N–H and O–H groups in total. The zero-order valence-electron chi connectivity index (χ0n) is 22.2. The molecule has 0 bridgehead atoms. The minimum atomic E-state index is -0.702. The van der Waals surface area contributed by atoms with Crippen LogP contribution < -0.4 is 4.90 Å². The molecule has 0 atom stereocenters. The number of carboxylic acid groups (broad SMARTS) is 1. The van der Waals surface area contributed by atoms with Crippen LogP contribution >= 0.6 is 22.9 Å². The van der Waals surface area contributed by atoms with E-state index in [1.807, 2.05) is 12.1 Å². The van der Waals surface area contributed by atoms with Crippen molar-refractivity contribution in [2.75, 3.05) is 24.5 Å². The summed E-state index contributed by atoms with van der Waals surface area (Å²) in [5.74, 6) is -0.588. The van der Waals surface area contributed by atoms with Gasteiger partial charge in [-0.3, -0.25) is 19.4 Å². The lowest BCUT2D eigenvalue weighted by atomic mass is 9.92. The number of anilines is 1. The molecule has 3 aromatic rings. The molecule has 0 spiro atoms. The highest BCUT2D eigenvalue weighted by atomic mass is 35.5. The second-order valence-electron chi connectivity index (χ2n) is 10.1. The molecule has 1 amide bonds. The number of carbonyl (C=O) groups is 2. The number of benzene rings is 2. The third-order valence-corrected chi connectivity index (χ3v) is 8.55. The van der Waals surface area contributed by atoms with Gasteiger partial charge in [0.1, 0.15) is 5.01 Å². The molecule has 1 saturated heterocycles. The van der Waals surface area contributed by atoms with Crippen LogP contribution in [0.4, 0.5) is 5.13 Å². The number of hydrogen-bond donors (Lipinski definition) is 1. The number of aromatic nitrogens is 2. The van der Waals surface area contributed by atoms with Crippen LogP contribution in [-0.2, 0) is 11.3 Å². The molecule has 0 saturated carbocycles. The molecule has 1 aromatic heterocycles. The van der Waals surface area contributed by atoms with Crippen LogP contribution in [0.3, 0.4) is 0 Å². The first-order valence-electron chi connectivity index (χ1n) is 13.2. The topological polar surface area (TPSA) is 86.6 Å². The number of hydrogen-bond acceptors (Lipinski definition) is 6. The average molecular weight is 555 g/mol. The van der Waals surface area contributed by atoms with Gasteiger partial charge in [-0.1, -0.05) is 48.4 Å². The minimum absolute atomic E-state index is 0.165. The summed E-state index contributed by atoms with van der Waals surface area (Å²) >= 11 is 7.74. The molecule has 1 aliphatic heterocycles. The van der Waals surface area contributed by atoms with Gasteiger partial charge in [0.15, 0.2) is 0 Å². The second kappa shape index (κ2) is 12.8. The molecule has 4 rings (SSSR count). The van der Waals surface area contributed by atoms with E-state index in [0.29, 0.717) is 22.3 Å². The number of carbonyl (C=O) groups excluding carboxylic acids is 1. The SMILES string of the molecule is CCCCN(C(=O)c1ccccc1Cl)c1nnc(-c2cc(C)c(CN3CCC(CC(=O)O)CC3)c(C)c2)s1. The third-order valence-electron chi connectivity index (χ3n) is 7.23. The number of unbranched alkanes of at least 4 members (excludes halogenated alkanes) is 1. The number of aryl methyl sites for hydroxylation is 2. The second-order valence-corrected chi connectivity index (χ2v) is 11.4. The van der Waals surface area contributed by atoms with Crippen LogP contribution in [0.1, 0.15) is 66.1 Å². The fraction of sp³-hybridized carbons (Fsp3) is 0.448. The predicted octanol–water partition coefficient (Wildman–Crippen LogP) is 6.61. The number of nitrogens with zero attached hydrogens (tertiary/aromatic N) is 4. The quantitative estimate of drug-likeness (QED) is 0.303. The molecule has 1 aliphatic rings. The maximum Gasteiger partial charge on any atom is 0.303 e. The van der Waals surface area contributed by atoms with Crippen LogP contribution in [0.5, 0.6) is 0 Å². The Morgan fingerprint density at radius 3 is 2.45 bits per heavy atom. The summed E-state index contributed by atoms with van der Waals surface area (Å²) in [6.07, 6.45) is 3.93. The first-order valence-corrected chi connectivity index (χ1v) is 14.4. The zero-order valence-corrected chi connectivity index (χ0v) is 23.8. The summed E-state index contributed by atoms with van der Waals surface area (Å²) in [5, 5.41) is 19.7. The lowest BCUT2D eigenvalue weighted by Crippen LogP contribution is -2.34. The van der Waals surface area contributed by atoms with Gasteiger partial charge in [0.05, 0.1) is 10.6 Å². The minimum Gasteiger partial charge on any atom is -0.481 e. The Labute approximate surface area is 233 Å². The van der Waals surface area contributed by atoms with Crippen LogP contribution in [0.25, 0.3) is 10.6 Å². The van der Waals surface area contributed by atoms with Crippen molar-refractivity contribution >= 4 is 39.9 Å². The maximum absolute atomic E-state index is 13.4. The third kappa shape index (κ3) is 6.79. The van der Waals surface area contributed by atoms with Gasteiger partial charge in [0.2, 0.25) is 5.13 Å². The average Bonchev–Trinajstić information content (AvgIpc) is 3.37. The van der Waals surface area contributed by atoms with Crippen molar-refractivity contribution < 1.29 is 14.7 Å². The van der Waals surface area contributed by atoms with Crippen molar-refractivity contribution in [3.63, 3.8) is 0 Å². The molecule has 202 valence electrons. The summed E-state index contributed by atoms with van der Waals surface area (Å²) in [7, 11) is 0. The van der Waals surface area contributed by atoms with E-state index in [4.69, 9.17) is 16.7 Å². The highest BCUT2D eigenvalue weighted by molar-refractivity contribution is 7.18. The van der Waals surface area contributed by atoms with E-state index in [2.05, 4.69) is 48.0 Å². The Balaban J connectivity index is 1.51. The highest BCUT2D eigenvalue weighted by Gasteiger charge is 2.25. The van der Waals surface area contributed by atoms with Crippen molar-refractivity contribution in [3.05, 3.63) is 63.7 Å². The van der Waals surface area contributed by atoms with Crippen molar-refractivity contribution in [2.24, 2.45) is 5.92 Å². The van der Waals surface area contributed by atoms with Crippen molar-refractivity contribution in [3.8, 4) is 10.6 Å². The Hall–Kier alpha value is -2.81. The number of carboxylic acids is 1. The summed E-state index contributed by atoms with van der Waals surface area (Å²) in [5.41, 5.74) is 5.14. The van der Waals surface area contributed by atoms with Gasteiger partial charge in [-0.15, -0.1) is 10.2 Å². The lowest BCUT2D eigenvalue weighted by molar-refractivity contribution is -0.138. The largest absolute Gasteiger partial charge is 0.481 e. The van der Waals surface area contributed by atoms with Gasteiger partial charge in [-0.25, -0.2) is 0 Å². The van der Waals surface area contributed by atoms with Crippen molar-refractivity contribution in [2.45, 2.75) is 59.4 Å². The van der Waals surface area contributed by atoms with E-state index in [-0.39, 0.29) is 18.2 Å². The highest BCUT2D eigenvalue weighted by Crippen LogP contribution is 2.33. The summed E-state index contributed by atoms with van der Waals surface area (Å²) in [6, 6.07) is 11.4. The Bertz CT molecular complexity index is 1260. The summed E-state index contributed by atoms with van der Waals surface area (Å²) in [4.78, 5) is 28.5. The lowest BCUT2D eigenvalue weighted by Gasteiger charge is -2.32. The number of likely N-dealkylation sites (tertiary alicyclic amines) is 1. The zero-order chi connectivity index (χ0) is 27.2. The molecular formula is C29H35ClN4O3S. The maximum atomic E-state index is 13.4. The van der Waals surface area contributed by atoms with E-state index >= 15 is 0 Å². The molecule has 0 unspecified atom stereocenters. The van der Waals surface area contributed by atoms with Gasteiger partial charge in [0.25, 0.3) is 5.91 Å².